The molecule has 0 radical (unpaired) electrons. The summed E-state index contributed by atoms with van der Waals surface area (Å²) in [7, 11) is 0. The Morgan fingerprint density at radius 2 is 2.25 bits per heavy atom. The van der Waals surface area contributed by atoms with Gasteiger partial charge in [-0.1, -0.05) is 0 Å². The van der Waals surface area contributed by atoms with Crippen LogP contribution in [0, 0.1) is 5.92 Å². The van der Waals surface area contributed by atoms with E-state index in [4.69, 9.17) is 5.73 Å². The van der Waals surface area contributed by atoms with E-state index in [1.807, 2.05) is 0 Å². The van der Waals surface area contributed by atoms with E-state index in [0.29, 0.717) is 6.04 Å². The fraction of sp³-hybridized carbons (Fsp3) is 0.692. The zero-order chi connectivity index (χ0) is 11.4. The Morgan fingerprint density at radius 3 is 2.81 bits per heavy atom. The van der Waals surface area contributed by atoms with Gasteiger partial charge in [0, 0.05) is 6.04 Å². The lowest BCUT2D eigenvalue weighted by molar-refractivity contribution is 0.138. The molecule has 1 aromatic rings. The summed E-state index contributed by atoms with van der Waals surface area (Å²) in [5.41, 5.74) is 7.09. The molecule has 0 spiro atoms. The van der Waals surface area contributed by atoms with Crippen LogP contribution >= 0.6 is 11.3 Å². The molecule has 2 heterocycles. The Balaban J connectivity index is 1.84. The van der Waals surface area contributed by atoms with Crippen molar-refractivity contribution in [2.45, 2.75) is 32.2 Å². The predicted molar refractivity (Wildman–Crippen MR) is 70.7 cm³/mol. The molecule has 1 fully saturated rings. The third-order valence-electron chi connectivity index (χ3n) is 3.80. The summed E-state index contributed by atoms with van der Waals surface area (Å²) in [6, 6.07) is 2.84. The summed E-state index contributed by atoms with van der Waals surface area (Å²) in [5, 5.41) is 4.45. The largest absolute Gasteiger partial charge is 0.330 e. The third-order valence-corrected chi connectivity index (χ3v) is 4.50. The van der Waals surface area contributed by atoms with Gasteiger partial charge in [0.05, 0.1) is 0 Å². The van der Waals surface area contributed by atoms with Crippen LogP contribution < -0.4 is 5.73 Å². The lowest BCUT2D eigenvalue weighted by Gasteiger charge is -2.35. The van der Waals surface area contributed by atoms with Crippen molar-refractivity contribution in [3.8, 4) is 0 Å². The van der Waals surface area contributed by atoms with Crippen molar-refractivity contribution in [2.75, 3.05) is 19.6 Å². The number of nitrogens with two attached hydrogens (primary N) is 1. The average Bonchev–Trinajstić information content (AvgIpc) is 2.83. The molecule has 1 aliphatic rings. The molecule has 2 rings (SSSR count). The first-order valence-corrected chi connectivity index (χ1v) is 7.21. The smallest absolute Gasteiger partial charge is 0.0328 e. The first-order valence-electron chi connectivity index (χ1n) is 6.27. The van der Waals surface area contributed by atoms with Crippen molar-refractivity contribution >= 4 is 11.3 Å². The Kier molecular flexibility index (Phi) is 4.38. The molecule has 1 unspecified atom stereocenters. The van der Waals surface area contributed by atoms with Crippen LogP contribution in [0.4, 0.5) is 0 Å². The molecule has 0 aromatic carbocycles. The summed E-state index contributed by atoms with van der Waals surface area (Å²) >= 11 is 1.80. The van der Waals surface area contributed by atoms with E-state index in [9.17, 15) is 0 Å². The number of rotatable bonds is 4. The minimum absolute atomic E-state index is 0.588. The number of piperidine rings is 1. The fourth-order valence-electron chi connectivity index (χ4n) is 2.59. The van der Waals surface area contributed by atoms with Crippen molar-refractivity contribution < 1.29 is 0 Å². The van der Waals surface area contributed by atoms with Gasteiger partial charge in [0.15, 0.2) is 0 Å². The molecule has 90 valence electrons. The number of nitrogens with zero attached hydrogens (tertiary/aromatic N) is 1. The van der Waals surface area contributed by atoms with Gasteiger partial charge in [0.1, 0.15) is 0 Å². The van der Waals surface area contributed by atoms with Crippen molar-refractivity contribution in [3.05, 3.63) is 22.4 Å². The van der Waals surface area contributed by atoms with Crippen molar-refractivity contribution in [1.82, 2.24) is 4.90 Å². The number of thiophene rings is 1. The molecule has 0 aliphatic carbocycles. The maximum Gasteiger partial charge on any atom is 0.0328 e. The minimum atomic E-state index is 0.588. The molecule has 1 aromatic heterocycles. The molecule has 2 N–H and O–H groups in total. The monoisotopic (exact) mass is 238 g/mol. The van der Waals surface area contributed by atoms with Crippen LogP contribution in [0.25, 0.3) is 0 Å². The summed E-state index contributed by atoms with van der Waals surface area (Å²) in [6.07, 6.45) is 3.86. The van der Waals surface area contributed by atoms with E-state index in [-0.39, 0.29) is 0 Å². The molecular formula is C13H22N2S. The van der Waals surface area contributed by atoms with Gasteiger partial charge in [-0.15, -0.1) is 0 Å². The van der Waals surface area contributed by atoms with Gasteiger partial charge in [-0.25, -0.2) is 0 Å². The molecule has 0 bridgehead atoms. The highest BCUT2D eigenvalue weighted by Crippen LogP contribution is 2.28. The summed E-state index contributed by atoms with van der Waals surface area (Å²) in [6.45, 7) is 5.65. The molecule has 1 aliphatic heterocycles. The maximum absolute atomic E-state index is 5.62. The molecule has 1 atom stereocenters. The van der Waals surface area contributed by atoms with Crippen LogP contribution in [-0.4, -0.2) is 24.5 Å². The van der Waals surface area contributed by atoms with Crippen LogP contribution in [0.5, 0.6) is 0 Å². The van der Waals surface area contributed by atoms with Gasteiger partial charge in [0.25, 0.3) is 0 Å². The maximum atomic E-state index is 5.62. The van der Waals surface area contributed by atoms with Crippen LogP contribution in [0.3, 0.4) is 0 Å². The quantitative estimate of drug-likeness (QED) is 0.874. The molecule has 0 saturated carbocycles. The van der Waals surface area contributed by atoms with Crippen LogP contribution in [-0.2, 0) is 0 Å². The highest BCUT2D eigenvalue weighted by Gasteiger charge is 2.22. The van der Waals surface area contributed by atoms with E-state index in [0.717, 1.165) is 12.5 Å². The van der Waals surface area contributed by atoms with Gasteiger partial charge in [0.2, 0.25) is 0 Å². The molecule has 2 nitrogen and oxygen atoms in total. The SMILES string of the molecule is CC(c1ccsc1)N1CCC(CCN)CC1. The second kappa shape index (κ2) is 5.80. The van der Waals surface area contributed by atoms with Crippen LogP contribution in [0.1, 0.15) is 37.8 Å². The number of hydrogen-bond donors (Lipinski definition) is 1. The van der Waals surface area contributed by atoms with Crippen molar-refractivity contribution in [3.63, 3.8) is 0 Å². The summed E-state index contributed by atoms with van der Waals surface area (Å²) < 4.78 is 0. The van der Waals surface area contributed by atoms with E-state index in [2.05, 4.69) is 28.7 Å². The van der Waals surface area contributed by atoms with Crippen molar-refractivity contribution in [2.24, 2.45) is 11.7 Å². The Morgan fingerprint density at radius 1 is 1.50 bits per heavy atom. The standard InChI is InChI=1S/C13H22N2S/c1-11(13-5-9-16-10-13)15-7-3-12(2-6-14)4-8-15/h5,9-12H,2-4,6-8,14H2,1H3. The zero-order valence-electron chi connectivity index (χ0n) is 10.1. The molecular weight excluding hydrogens is 216 g/mol. The molecule has 1 saturated heterocycles. The Bertz CT molecular complexity index is 289. The zero-order valence-corrected chi connectivity index (χ0v) is 10.9. The lowest BCUT2D eigenvalue weighted by atomic mass is 9.92. The summed E-state index contributed by atoms with van der Waals surface area (Å²) in [4.78, 5) is 2.61. The number of hydrogen-bond acceptors (Lipinski definition) is 3. The van der Waals surface area contributed by atoms with Crippen LogP contribution in [0.15, 0.2) is 16.8 Å². The van der Waals surface area contributed by atoms with E-state index in [1.54, 1.807) is 11.3 Å². The second-order valence-electron chi connectivity index (χ2n) is 4.79. The topological polar surface area (TPSA) is 29.3 Å². The molecule has 3 heteroatoms. The van der Waals surface area contributed by atoms with E-state index < -0.39 is 0 Å². The first-order chi connectivity index (χ1) is 7.81. The highest BCUT2D eigenvalue weighted by atomic mass is 32.1. The fourth-order valence-corrected chi connectivity index (χ4v) is 3.34. The predicted octanol–water partition coefficient (Wildman–Crippen LogP) is 2.87. The lowest BCUT2D eigenvalue weighted by Crippen LogP contribution is -2.36. The van der Waals surface area contributed by atoms with Gasteiger partial charge < -0.3 is 5.73 Å². The number of likely N-dealkylation sites (tertiary alicyclic amines) is 1. The molecule has 0 amide bonds. The highest BCUT2D eigenvalue weighted by molar-refractivity contribution is 7.07. The van der Waals surface area contributed by atoms with Gasteiger partial charge in [-0.3, -0.25) is 4.90 Å². The van der Waals surface area contributed by atoms with Crippen molar-refractivity contribution in [1.29, 1.82) is 0 Å². The van der Waals surface area contributed by atoms with Gasteiger partial charge in [-0.2, -0.15) is 11.3 Å². The second-order valence-corrected chi connectivity index (χ2v) is 5.57. The van der Waals surface area contributed by atoms with Gasteiger partial charge in [-0.05, 0) is 74.1 Å². The summed E-state index contributed by atoms with van der Waals surface area (Å²) in [5.74, 6) is 0.871. The van der Waals surface area contributed by atoms with E-state index >= 15 is 0 Å². The van der Waals surface area contributed by atoms with E-state index in [1.165, 1.54) is 37.9 Å². The molecule has 16 heavy (non-hydrogen) atoms. The minimum Gasteiger partial charge on any atom is -0.330 e. The Hall–Kier alpha value is -0.380. The van der Waals surface area contributed by atoms with Gasteiger partial charge >= 0.3 is 0 Å². The normalized spacial score (nSPS) is 21.1. The first kappa shape index (κ1) is 12.1. The third kappa shape index (κ3) is 2.84. The van der Waals surface area contributed by atoms with Crippen LogP contribution in [0.2, 0.25) is 0 Å². The Labute approximate surface area is 102 Å². The average molecular weight is 238 g/mol.